The molecule has 2 amide bonds. The maximum absolute atomic E-state index is 11.3. The number of carbonyl (C=O) groups excluding carboxylic acids is 2. The van der Waals surface area contributed by atoms with Crippen LogP contribution in [0.5, 0.6) is 0 Å². The first kappa shape index (κ1) is 12.7. The third-order valence-corrected chi connectivity index (χ3v) is 3.35. The number of likely N-dealkylation sites (tertiary alicyclic amines) is 1. The Bertz CT molecular complexity index is 486. The van der Waals surface area contributed by atoms with Gasteiger partial charge in [0.25, 0.3) is 0 Å². The van der Waals surface area contributed by atoms with Gasteiger partial charge in [-0.3, -0.25) is 14.5 Å². The van der Waals surface area contributed by atoms with Gasteiger partial charge in [-0.25, -0.2) is 0 Å². The lowest BCUT2D eigenvalue weighted by molar-refractivity contribution is -0.138. The first-order valence-corrected chi connectivity index (χ1v) is 6.62. The van der Waals surface area contributed by atoms with E-state index in [9.17, 15) is 9.59 Å². The number of hydrogen-bond acceptors (Lipinski definition) is 3. The van der Waals surface area contributed by atoms with Crippen molar-refractivity contribution in [2.24, 2.45) is 0 Å². The van der Waals surface area contributed by atoms with Crippen LogP contribution in [0.25, 0.3) is 0 Å². The molecule has 3 nitrogen and oxygen atoms in total. The zero-order chi connectivity index (χ0) is 12.8. The van der Waals surface area contributed by atoms with Crippen molar-refractivity contribution >= 4 is 23.6 Å². The average molecular weight is 259 g/mol. The van der Waals surface area contributed by atoms with E-state index >= 15 is 0 Å². The molecule has 1 fully saturated rings. The van der Waals surface area contributed by atoms with E-state index in [0.29, 0.717) is 25.8 Å². The van der Waals surface area contributed by atoms with Crippen molar-refractivity contribution in [1.82, 2.24) is 4.90 Å². The fraction of sp³-hybridized carbons (Fsp3) is 0.286. The molecule has 0 unspecified atom stereocenters. The fourth-order valence-electron chi connectivity index (χ4n) is 1.67. The van der Waals surface area contributed by atoms with Gasteiger partial charge in [-0.05, 0) is 29.1 Å². The third kappa shape index (κ3) is 3.38. The molecule has 4 heteroatoms. The molecule has 2 rings (SSSR count). The van der Waals surface area contributed by atoms with E-state index in [4.69, 9.17) is 0 Å². The number of benzene rings is 1. The molecule has 0 saturated carbocycles. The Hall–Kier alpha value is -1.73. The summed E-state index contributed by atoms with van der Waals surface area (Å²) in [5.74, 6) is 2.83. The Morgan fingerprint density at radius 2 is 1.78 bits per heavy atom. The number of hydrogen-bond donors (Lipinski definition) is 0. The lowest BCUT2D eigenvalue weighted by Gasteiger charge is -2.10. The molecule has 1 aromatic carbocycles. The van der Waals surface area contributed by atoms with Crippen molar-refractivity contribution < 1.29 is 9.59 Å². The van der Waals surface area contributed by atoms with E-state index in [2.05, 4.69) is 11.2 Å². The van der Waals surface area contributed by atoms with Gasteiger partial charge in [0.1, 0.15) is 0 Å². The molecule has 0 aromatic heterocycles. The Balaban J connectivity index is 1.76. The number of thioether (sulfide) groups is 1. The summed E-state index contributed by atoms with van der Waals surface area (Å²) in [7, 11) is 0. The summed E-state index contributed by atoms with van der Waals surface area (Å²) in [5.41, 5.74) is 0. The predicted octanol–water partition coefficient (Wildman–Crippen LogP) is 2.28. The van der Waals surface area contributed by atoms with Crippen LogP contribution in [0.2, 0.25) is 0 Å². The van der Waals surface area contributed by atoms with Gasteiger partial charge < -0.3 is 0 Å². The van der Waals surface area contributed by atoms with E-state index in [1.165, 1.54) is 16.7 Å². The summed E-state index contributed by atoms with van der Waals surface area (Å²) in [6.07, 6.45) is 1.24. The monoisotopic (exact) mass is 259 g/mol. The van der Waals surface area contributed by atoms with Crippen LogP contribution in [0.3, 0.4) is 0 Å². The van der Waals surface area contributed by atoms with E-state index in [1.807, 2.05) is 30.3 Å². The van der Waals surface area contributed by atoms with Crippen LogP contribution in [0.1, 0.15) is 19.3 Å². The maximum Gasteiger partial charge on any atom is 0.229 e. The molecule has 0 aliphatic carbocycles. The molecule has 1 heterocycles. The van der Waals surface area contributed by atoms with Gasteiger partial charge in [-0.2, -0.15) is 0 Å². The lowest BCUT2D eigenvalue weighted by Crippen LogP contribution is -2.29. The molecule has 1 aromatic rings. The van der Waals surface area contributed by atoms with Crippen LogP contribution in [0.15, 0.2) is 35.2 Å². The van der Waals surface area contributed by atoms with Gasteiger partial charge >= 0.3 is 0 Å². The first-order chi connectivity index (χ1) is 8.77. The highest BCUT2D eigenvalue weighted by molar-refractivity contribution is 8.03. The van der Waals surface area contributed by atoms with Crippen molar-refractivity contribution in [2.75, 3.05) is 6.54 Å². The van der Waals surface area contributed by atoms with Crippen LogP contribution in [0, 0.1) is 11.2 Å². The molecule has 1 saturated heterocycles. The quantitative estimate of drug-likeness (QED) is 0.475. The van der Waals surface area contributed by atoms with Crippen molar-refractivity contribution in [3.63, 3.8) is 0 Å². The molecule has 1 aliphatic heterocycles. The summed E-state index contributed by atoms with van der Waals surface area (Å²) in [4.78, 5) is 25.0. The van der Waals surface area contributed by atoms with Crippen molar-refractivity contribution in [2.45, 2.75) is 24.2 Å². The molecule has 18 heavy (non-hydrogen) atoms. The van der Waals surface area contributed by atoms with E-state index < -0.39 is 0 Å². The Labute approximate surface area is 111 Å². The number of nitrogens with zero attached hydrogens (tertiary/aromatic N) is 1. The van der Waals surface area contributed by atoms with Crippen LogP contribution < -0.4 is 0 Å². The zero-order valence-corrected chi connectivity index (χ0v) is 10.7. The SMILES string of the molecule is O=C1CCC(=O)N1CCC#CSc1ccccc1. The Kier molecular flexibility index (Phi) is 4.43. The molecule has 0 N–H and O–H groups in total. The van der Waals surface area contributed by atoms with E-state index in [-0.39, 0.29) is 11.8 Å². The third-order valence-electron chi connectivity index (χ3n) is 2.60. The molecule has 92 valence electrons. The number of imide groups is 1. The molecule has 0 radical (unpaired) electrons. The first-order valence-electron chi connectivity index (χ1n) is 5.80. The summed E-state index contributed by atoms with van der Waals surface area (Å²) >= 11 is 1.46. The van der Waals surface area contributed by atoms with Gasteiger partial charge in [-0.15, -0.1) is 0 Å². The number of rotatable bonds is 3. The molecule has 0 bridgehead atoms. The minimum Gasteiger partial charge on any atom is -0.282 e. The van der Waals surface area contributed by atoms with Gasteiger partial charge in [0.2, 0.25) is 11.8 Å². The molecule has 0 spiro atoms. The van der Waals surface area contributed by atoms with E-state index in [1.54, 1.807) is 0 Å². The number of carbonyl (C=O) groups is 2. The van der Waals surface area contributed by atoms with Gasteiger partial charge in [0, 0.05) is 30.7 Å². The topological polar surface area (TPSA) is 37.4 Å². The van der Waals surface area contributed by atoms with Crippen molar-refractivity contribution in [3.8, 4) is 11.2 Å². The van der Waals surface area contributed by atoms with Crippen molar-refractivity contribution in [1.29, 1.82) is 0 Å². The van der Waals surface area contributed by atoms with Crippen LogP contribution in [-0.4, -0.2) is 23.3 Å². The van der Waals surface area contributed by atoms with Gasteiger partial charge in [-0.1, -0.05) is 24.1 Å². The highest BCUT2D eigenvalue weighted by Crippen LogP contribution is 2.15. The maximum atomic E-state index is 11.3. The molecular weight excluding hydrogens is 246 g/mol. The highest BCUT2D eigenvalue weighted by atomic mass is 32.2. The largest absolute Gasteiger partial charge is 0.282 e. The average Bonchev–Trinajstić information content (AvgIpc) is 2.71. The predicted molar refractivity (Wildman–Crippen MR) is 70.6 cm³/mol. The minimum absolute atomic E-state index is 0.0717. The molecule has 0 atom stereocenters. The van der Waals surface area contributed by atoms with Crippen LogP contribution >= 0.6 is 11.8 Å². The molecular formula is C14H13NO2S. The van der Waals surface area contributed by atoms with Crippen molar-refractivity contribution in [3.05, 3.63) is 30.3 Å². The van der Waals surface area contributed by atoms with E-state index in [0.717, 1.165) is 4.90 Å². The summed E-state index contributed by atoms with van der Waals surface area (Å²) < 4.78 is 0. The highest BCUT2D eigenvalue weighted by Gasteiger charge is 2.27. The fourth-order valence-corrected chi connectivity index (χ4v) is 2.26. The minimum atomic E-state index is -0.0717. The Morgan fingerprint density at radius 1 is 1.11 bits per heavy atom. The second-order valence-corrected chi connectivity index (χ2v) is 4.76. The summed E-state index contributed by atoms with van der Waals surface area (Å²) in [5, 5.41) is 2.97. The lowest BCUT2D eigenvalue weighted by atomic mass is 10.4. The smallest absolute Gasteiger partial charge is 0.229 e. The zero-order valence-electron chi connectivity index (χ0n) is 9.89. The van der Waals surface area contributed by atoms with Crippen LogP contribution in [0.4, 0.5) is 0 Å². The second kappa shape index (κ2) is 6.27. The van der Waals surface area contributed by atoms with Gasteiger partial charge in [0.05, 0.1) is 0 Å². The molecule has 1 aliphatic rings. The summed E-state index contributed by atoms with van der Waals surface area (Å²) in [6, 6.07) is 9.87. The number of amides is 2. The normalized spacial score (nSPS) is 14.6. The van der Waals surface area contributed by atoms with Gasteiger partial charge in [0.15, 0.2) is 0 Å². The standard InChI is InChI=1S/C14H13NO2S/c16-13-8-9-14(17)15(13)10-4-5-11-18-12-6-2-1-3-7-12/h1-3,6-7H,4,8-10H2. The van der Waals surface area contributed by atoms with Crippen LogP contribution in [-0.2, 0) is 9.59 Å². The second-order valence-electron chi connectivity index (χ2n) is 3.88. The summed E-state index contributed by atoms with van der Waals surface area (Å²) in [6.45, 7) is 0.417. The Morgan fingerprint density at radius 3 is 2.44 bits per heavy atom.